The molecule has 0 saturated carbocycles. The standard InChI is InChI=1S/C13H13BrN4O4/c1-2-3-7-12(19)18(13(20)15-7)6-10-16-17-11(22-10)8-4-5-9(14)21-8/h4-5,7H,2-3,6H2,1H3,(H,15,20). The summed E-state index contributed by atoms with van der Waals surface area (Å²) in [4.78, 5) is 25.0. The highest BCUT2D eigenvalue weighted by atomic mass is 79.9. The van der Waals surface area contributed by atoms with E-state index in [0.29, 0.717) is 16.9 Å². The zero-order valence-corrected chi connectivity index (χ0v) is 13.3. The van der Waals surface area contributed by atoms with Gasteiger partial charge in [-0.15, -0.1) is 10.2 Å². The van der Waals surface area contributed by atoms with Crippen LogP contribution in [0.3, 0.4) is 0 Å². The number of rotatable bonds is 5. The van der Waals surface area contributed by atoms with E-state index in [2.05, 4.69) is 31.4 Å². The van der Waals surface area contributed by atoms with Crippen molar-refractivity contribution in [2.75, 3.05) is 0 Å². The Hall–Kier alpha value is -2.16. The molecule has 3 heterocycles. The molecule has 1 saturated heterocycles. The van der Waals surface area contributed by atoms with E-state index in [1.807, 2.05) is 6.92 Å². The van der Waals surface area contributed by atoms with Crippen LogP contribution in [0.25, 0.3) is 11.7 Å². The van der Waals surface area contributed by atoms with Gasteiger partial charge < -0.3 is 14.2 Å². The summed E-state index contributed by atoms with van der Waals surface area (Å²) in [5.41, 5.74) is 0. The van der Waals surface area contributed by atoms with Crippen molar-refractivity contribution in [1.29, 1.82) is 0 Å². The highest BCUT2D eigenvalue weighted by molar-refractivity contribution is 9.10. The van der Waals surface area contributed by atoms with Crippen LogP contribution in [0.15, 0.2) is 25.6 Å². The Bertz CT molecular complexity index is 710. The molecule has 1 N–H and O–H groups in total. The van der Waals surface area contributed by atoms with Gasteiger partial charge in [0.1, 0.15) is 12.6 Å². The number of carbonyl (C=O) groups is 2. The Kier molecular flexibility index (Phi) is 3.97. The molecular formula is C13H13BrN4O4. The highest BCUT2D eigenvalue weighted by Gasteiger charge is 2.38. The van der Waals surface area contributed by atoms with Crippen LogP contribution in [0, 0.1) is 0 Å². The Balaban J connectivity index is 1.73. The van der Waals surface area contributed by atoms with Crippen LogP contribution in [0.2, 0.25) is 0 Å². The summed E-state index contributed by atoms with van der Waals surface area (Å²) in [6.45, 7) is 1.90. The van der Waals surface area contributed by atoms with Crippen molar-refractivity contribution < 1.29 is 18.4 Å². The van der Waals surface area contributed by atoms with E-state index < -0.39 is 12.1 Å². The number of hydrogen-bond acceptors (Lipinski definition) is 6. The Labute approximate surface area is 134 Å². The molecule has 0 spiro atoms. The maximum Gasteiger partial charge on any atom is 0.325 e. The molecule has 3 rings (SSSR count). The molecule has 1 unspecified atom stereocenters. The van der Waals surface area contributed by atoms with Gasteiger partial charge in [0.05, 0.1) is 0 Å². The third-order valence-electron chi connectivity index (χ3n) is 3.23. The second kappa shape index (κ2) is 5.91. The minimum Gasteiger partial charge on any atom is -0.444 e. The van der Waals surface area contributed by atoms with E-state index in [-0.39, 0.29) is 24.2 Å². The molecule has 9 heteroatoms. The third-order valence-corrected chi connectivity index (χ3v) is 3.65. The van der Waals surface area contributed by atoms with Gasteiger partial charge >= 0.3 is 6.03 Å². The molecular weight excluding hydrogens is 356 g/mol. The number of aromatic nitrogens is 2. The summed E-state index contributed by atoms with van der Waals surface area (Å²) in [5, 5.41) is 10.3. The van der Waals surface area contributed by atoms with E-state index in [4.69, 9.17) is 8.83 Å². The van der Waals surface area contributed by atoms with Crippen LogP contribution in [-0.2, 0) is 11.3 Å². The van der Waals surface area contributed by atoms with Crippen LogP contribution < -0.4 is 5.32 Å². The number of amides is 3. The summed E-state index contributed by atoms with van der Waals surface area (Å²) in [6.07, 6.45) is 1.42. The molecule has 0 radical (unpaired) electrons. The number of carbonyl (C=O) groups excluding carboxylic acids is 2. The van der Waals surface area contributed by atoms with Crippen molar-refractivity contribution in [1.82, 2.24) is 20.4 Å². The number of imide groups is 1. The topological polar surface area (TPSA) is 101 Å². The van der Waals surface area contributed by atoms with Gasteiger partial charge in [-0.05, 0) is 34.5 Å². The summed E-state index contributed by atoms with van der Waals surface area (Å²) < 4.78 is 11.3. The van der Waals surface area contributed by atoms with Gasteiger partial charge in [0.15, 0.2) is 10.4 Å². The van der Waals surface area contributed by atoms with E-state index in [9.17, 15) is 9.59 Å². The van der Waals surface area contributed by atoms with Gasteiger partial charge in [-0.2, -0.15) is 0 Å². The molecule has 116 valence electrons. The quantitative estimate of drug-likeness (QED) is 0.812. The normalized spacial score (nSPS) is 18.1. The zero-order chi connectivity index (χ0) is 15.7. The zero-order valence-electron chi connectivity index (χ0n) is 11.7. The number of furan rings is 1. The number of halogens is 1. The Morgan fingerprint density at radius 3 is 2.82 bits per heavy atom. The van der Waals surface area contributed by atoms with Crippen LogP contribution in [0.1, 0.15) is 25.7 Å². The lowest BCUT2D eigenvalue weighted by Crippen LogP contribution is -2.31. The summed E-state index contributed by atoms with van der Waals surface area (Å²) in [6, 6.07) is 2.46. The molecule has 2 aromatic rings. The second-order valence-corrected chi connectivity index (χ2v) is 5.60. The number of hydrogen-bond donors (Lipinski definition) is 1. The number of nitrogens with one attached hydrogen (secondary N) is 1. The maximum atomic E-state index is 12.1. The lowest BCUT2D eigenvalue weighted by atomic mass is 10.2. The molecule has 1 fully saturated rings. The average molecular weight is 369 g/mol. The summed E-state index contributed by atoms with van der Waals surface area (Å²) >= 11 is 3.18. The largest absolute Gasteiger partial charge is 0.444 e. The minimum atomic E-state index is -0.471. The molecule has 0 aliphatic carbocycles. The predicted molar refractivity (Wildman–Crippen MR) is 77.5 cm³/mol. The number of urea groups is 1. The first kappa shape index (κ1) is 14.8. The smallest absolute Gasteiger partial charge is 0.325 e. The average Bonchev–Trinajstić information content (AvgIpc) is 3.17. The predicted octanol–water partition coefficient (Wildman–Crippen LogP) is 2.31. The summed E-state index contributed by atoms with van der Waals surface area (Å²) in [7, 11) is 0. The molecule has 22 heavy (non-hydrogen) atoms. The molecule has 1 atom stereocenters. The lowest BCUT2D eigenvalue weighted by Gasteiger charge is -2.09. The molecule has 1 aliphatic heterocycles. The van der Waals surface area contributed by atoms with E-state index in [1.54, 1.807) is 12.1 Å². The van der Waals surface area contributed by atoms with Crippen molar-refractivity contribution in [2.45, 2.75) is 32.4 Å². The molecule has 0 bridgehead atoms. The molecule has 8 nitrogen and oxygen atoms in total. The van der Waals surface area contributed by atoms with Crippen LogP contribution in [-0.4, -0.2) is 33.1 Å². The first-order valence-electron chi connectivity index (χ1n) is 6.78. The van der Waals surface area contributed by atoms with Crippen LogP contribution in [0.4, 0.5) is 4.79 Å². The fourth-order valence-electron chi connectivity index (χ4n) is 2.19. The fraction of sp³-hybridized carbons (Fsp3) is 0.385. The van der Waals surface area contributed by atoms with Gasteiger partial charge in [-0.3, -0.25) is 9.69 Å². The van der Waals surface area contributed by atoms with Gasteiger partial charge in [0.2, 0.25) is 5.89 Å². The van der Waals surface area contributed by atoms with Crippen molar-refractivity contribution in [3.63, 3.8) is 0 Å². The lowest BCUT2D eigenvalue weighted by molar-refractivity contribution is -0.128. The minimum absolute atomic E-state index is 0.0558. The molecule has 2 aromatic heterocycles. The fourth-order valence-corrected chi connectivity index (χ4v) is 2.50. The maximum absolute atomic E-state index is 12.1. The molecule has 3 amide bonds. The van der Waals surface area contributed by atoms with Gasteiger partial charge in [-0.1, -0.05) is 13.3 Å². The van der Waals surface area contributed by atoms with Crippen molar-refractivity contribution in [3.8, 4) is 11.7 Å². The van der Waals surface area contributed by atoms with E-state index in [0.717, 1.165) is 11.3 Å². The van der Waals surface area contributed by atoms with Crippen LogP contribution >= 0.6 is 15.9 Å². The molecule has 1 aliphatic rings. The van der Waals surface area contributed by atoms with Gasteiger partial charge in [0, 0.05) is 0 Å². The van der Waals surface area contributed by atoms with Crippen molar-refractivity contribution in [3.05, 3.63) is 22.7 Å². The summed E-state index contributed by atoms with van der Waals surface area (Å²) in [5.74, 6) is 0.500. The SMILES string of the molecule is CCCC1NC(=O)N(Cc2nnc(-c3ccc(Br)o3)o2)C1=O. The Morgan fingerprint density at radius 2 is 2.14 bits per heavy atom. The van der Waals surface area contributed by atoms with Crippen molar-refractivity contribution >= 4 is 27.9 Å². The van der Waals surface area contributed by atoms with Crippen LogP contribution in [0.5, 0.6) is 0 Å². The highest BCUT2D eigenvalue weighted by Crippen LogP contribution is 2.24. The monoisotopic (exact) mass is 368 g/mol. The second-order valence-electron chi connectivity index (χ2n) is 4.82. The van der Waals surface area contributed by atoms with Crippen molar-refractivity contribution in [2.24, 2.45) is 0 Å². The molecule has 0 aromatic carbocycles. The number of nitrogens with zero attached hydrogens (tertiary/aromatic N) is 3. The van der Waals surface area contributed by atoms with Gasteiger partial charge in [0.25, 0.3) is 11.8 Å². The van der Waals surface area contributed by atoms with Gasteiger partial charge in [-0.25, -0.2) is 4.79 Å². The Morgan fingerprint density at radius 1 is 1.32 bits per heavy atom. The first-order valence-corrected chi connectivity index (χ1v) is 7.57. The third kappa shape index (κ3) is 2.76. The van der Waals surface area contributed by atoms with E-state index >= 15 is 0 Å². The van der Waals surface area contributed by atoms with E-state index in [1.165, 1.54) is 0 Å². The first-order chi connectivity index (χ1) is 10.6.